The van der Waals surface area contributed by atoms with Gasteiger partial charge in [0.2, 0.25) is 0 Å². The summed E-state index contributed by atoms with van der Waals surface area (Å²) in [6, 6.07) is 0. The topological polar surface area (TPSA) is 124 Å². The highest BCUT2D eigenvalue weighted by Gasteiger charge is 2.28. The van der Waals surface area contributed by atoms with Crippen LogP contribution in [0.1, 0.15) is 0 Å². The van der Waals surface area contributed by atoms with Crippen LogP contribution in [0.4, 0.5) is 4.79 Å². The number of ether oxygens (including phenoxy) is 1. The SMILES string of the molecule is O=CC(OC(=O)O)C(O)C(O)CO. The van der Waals surface area contributed by atoms with Gasteiger partial charge in [-0.3, -0.25) is 4.79 Å². The first-order valence-corrected chi connectivity index (χ1v) is 3.34. The number of carbonyl (C=O) groups excluding carboxylic acids is 1. The van der Waals surface area contributed by atoms with Gasteiger partial charge in [-0.05, 0) is 0 Å². The fourth-order valence-electron chi connectivity index (χ4n) is 0.621. The van der Waals surface area contributed by atoms with Gasteiger partial charge < -0.3 is 25.2 Å². The highest BCUT2D eigenvalue weighted by Crippen LogP contribution is 2.02. The summed E-state index contributed by atoms with van der Waals surface area (Å²) in [7, 11) is 0. The molecule has 76 valence electrons. The summed E-state index contributed by atoms with van der Waals surface area (Å²) >= 11 is 0. The lowest BCUT2D eigenvalue weighted by Crippen LogP contribution is -2.42. The average Bonchev–Trinajstić information content (AvgIpc) is 2.11. The van der Waals surface area contributed by atoms with Gasteiger partial charge in [0.05, 0.1) is 6.61 Å². The summed E-state index contributed by atoms with van der Waals surface area (Å²) in [6.07, 6.45) is -6.80. The minimum absolute atomic E-state index is 0.0255. The molecular weight excluding hydrogens is 184 g/mol. The Kier molecular flexibility index (Phi) is 4.97. The molecule has 13 heavy (non-hydrogen) atoms. The number of hydrogen-bond donors (Lipinski definition) is 4. The van der Waals surface area contributed by atoms with Crippen LogP contribution in [-0.2, 0) is 9.53 Å². The molecule has 0 aliphatic heterocycles. The first-order chi connectivity index (χ1) is 6.02. The Morgan fingerprint density at radius 3 is 2.31 bits per heavy atom. The van der Waals surface area contributed by atoms with E-state index in [-0.39, 0.29) is 6.29 Å². The fourth-order valence-corrected chi connectivity index (χ4v) is 0.621. The first-order valence-electron chi connectivity index (χ1n) is 3.34. The van der Waals surface area contributed by atoms with Crippen molar-refractivity contribution in [2.45, 2.75) is 18.3 Å². The summed E-state index contributed by atoms with van der Waals surface area (Å²) < 4.78 is 3.91. The molecule has 0 aliphatic carbocycles. The minimum Gasteiger partial charge on any atom is -0.450 e. The molecule has 7 heteroatoms. The molecule has 0 rings (SSSR count). The van der Waals surface area contributed by atoms with E-state index in [1.807, 2.05) is 0 Å². The van der Waals surface area contributed by atoms with E-state index in [2.05, 4.69) is 4.74 Å². The van der Waals surface area contributed by atoms with Crippen molar-refractivity contribution >= 4 is 12.4 Å². The van der Waals surface area contributed by atoms with E-state index in [9.17, 15) is 9.59 Å². The van der Waals surface area contributed by atoms with E-state index in [0.717, 1.165) is 0 Å². The smallest absolute Gasteiger partial charge is 0.450 e. The van der Waals surface area contributed by atoms with Gasteiger partial charge in [0, 0.05) is 0 Å². The third-order valence-corrected chi connectivity index (χ3v) is 1.29. The number of aliphatic hydroxyl groups is 3. The van der Waals surface area contributed by atoms with Gasteiger partial charge >= 0.3 is 6.16 Å². The van der Waals surface area contributed by atoms with Crippen molar-refractivity contribution in [1.29, 1.82) is 0 Å². The van der Waals surface area contributed by atoms with Crippen molar-refractivity contribution in [2.75, 3.05) is 6.61 Å². The molecule has 4 N–H and O–H groups in total. The number of hydrogen-bond acceptors (Lipinski definition) is 6. The van der Waals surface area contributed by atoms with Gasteiger partial charge in [-0.2, -0.15) is 0 Å². The Hall–Kier alpha value is -1.18. The summed E-state index contributed by atoms with van der Waals surface area (Å²) in [4.78, 5) is 20.1. The molecule has 0 radical (unpaired) electrons. The van der Waals surface area contributed by atoms with Crippen LogP contribution in [0.2, 0.25) is 0 Å². The third-order valence-electron chi connectivity index (χ3n) is 1.29. The maximum absolute atomic E-state index is 10.2. The molecule has 0 fully saturated rings. The van der Waals surface area contributed by atoms with Crippen LogP contribution in [0.3, 0.4) is 0 Å². The third kappa shape index (κ3) is 3.83. The van der Waals surface area contributed by atoms with Crippen LogP contribution in [0, 0.1) is 0 Å². The van der Waals surface area contributed by atoms with Gasteiger partial charge in [0.1, 0.15) is 12.2 Å². The van der Waals surface area contributed by atoms with E-state index in [0.29, 0.717) is 0 Å². The van der Waals surface area contributed by atoms with Crippen molar-refractivity contribution in [1.82, 2.24) is 0 Å². The van der Waals surface area contributed by atoms with Crippen molar-refractivity contribution in [2.24, 2.45) is 0 Å². The average molecular weight is 194 g/mol. The Bertz CT molecular complexity index is 180. The van der Waals surface area contributed by atoms with Crippen molar-refractivity contribution in [3.8, 4) is 0 Å². The molecule has 0 saturated heterocycles. The largest absolute Gasteiger partial charge is 0.506 e. The van der Waals surface area contributed by atoms with Crippen LogP contribution in [-0.4, -0.2) is 57.8 Å². The lowest BCUT2D eigenvalue weighted by Gasteiger charge is -2.19. The molecule has 0 aliphatic rings. The van der Waals surface area contributed by atoms with Crippen LogP contribution in [0.25, 0.3) is 0 Å². The van der Waals surface area contributed by atoms with Crippen LogP contribution < -0.4 is 0 Å². The quantitative estimate of drug-likeness (QED) is 0.293. The van der Waals surface area contributed by atoms with E-state index >= 15 is 0 Å². The molecule has 3 atom stereocenters. The number of aliphatic hydroxyl groups excluding tert-OH is 3. The van der Waals surface area contributed by atoms with Gasteiger partial charge in [-0.1, -0.05) is 0 Å². The minimum atomic E-state index is -1.77. The Morgan fingerprint density at radius 1 is 1.46 bits per heavy atom. The summed E-state index contributed by atoms with van der Waals surface area (Å²) in [5.41, 5.74) is 0. The van der Waals surface area contributed by atoms with E-state index in [4.69, 9.17) is 20.4 Å². The predicted molar refractivity (Wildman–Crippen MR) is 38.1 cm³/mol. The van der Waals surface area contributed by atoms with E-state index in [1.165, 1.54) is 0 Å². The van der Waals surface area contributed by atoms with Crippen molar-refractivity contribution in [3.63, 3.8) is 0 Å². The van der Waals surface area contributed by atoms with E-state index in [1.54, 1.807) is 0 Å². The second-order valence-corrected chi connectivity index (χ2v) is 2.22. The summed E-state index contributed by atoms with van der Waals surface area (Å²) in [5, 5.41) is 34.2. The van der Waals surface area contributed by atoms with Crippen LogP contribution in [0.5, 0.6) is 0 Å². The maximum Gasteiger partial charge on any atom is 0.506 e. The predicted octanol–water partition coefficient (Wildman–Crippen LogP) is -2.04. The van der Waals surface area contributed by atoms with Gasteiger partial charge in [-0.25, -0.2) is 4.79 Å². The number of rotatable bonds is 5. The van der Waals surface area contributed by atoms with Gasteiger partial charge in [0.15, 0.2) is 12.4 Å². The highest BCUT2D eigenvalue weighted by atomic mass is 16.7. The highest BCUT2D eigenvalue weighted by molar-refractivity contribution is 5.65. The second kappa shape index (κ2) is 5.46. The molecule has 0 saturated carbocycles. The molecule has 0 amide bonds. The normalized spacial score (nSPS) is 17.2. The van der Waals surface area contributed by atoms with Crippen molar-refractivity contribution < 1.29 is 34.8 Å². The molecule has 0 aromatic carbocycles. The van der Waals surface area contributed by atoms with Gasteiger partial charge in [0.25, 0.3) is 0 Å². The Morgan fingerprint density at radius 2 is 2.00 bits per heavy atom. The zero-order valence-electron chi connectivity index (χ0n) is 6.53. The molecule has 0 heterocycles. The summed E-state index contributed by atoms with van der Waals surface area (Å²) in [5.74, 6) is 0. The molecule has 0 aromatic rings. The van der Waals surface area contributed by atoms with E-state index < -0.39 is 31.1 Å². The number of carboxylic acid groups (broad SMARTS) is 1. The molecule has 0 bridgehead atoms. The Labute approximate surface area is 73.2 Å². The molecule has 3 unspecified atom stereocenters. The number of carbonyl (C=O) groups is 2. The van der Waals surface area contributed by atoms with Crippen LogP contribution in [0.15, 0.2) is 0 Å². The lowest BCUT2D eigenvalue weighted by molar-refractivity contribution is -0.130. The second-order valence-electron chi connectivity index (χ2n) is 2.22. The molecule has 0 aromatic heterocycles. The molecular formula is C6H10O7. The lowest BCUT2D eigenvalue weighted by atomic mass is 10.1. The van der Waals surface area contributed by atoms with Crippen LogP contribution >= 0.6 is 0 Å². The monoisotopic (exact) mass is 194 g/mol. The maximum atomic E-state index is 10.2. The first kappa shape index (κ1) is 11.8. The van der Waals surface area contributed by atoms with Gasteiger partial charge in [-0.15, -0.1) is 0 Å². The zero-order chi connectivity index (χ0) is 10.4. The fraction of sp³-hybridized carbons (Fsp3) is 0.667. The van der Waals surface area contributed by atoms with Crippen molar-refractivity contribution in [3.05, 3.63) is 0 Å². The molecule has 0 spiro atoms. The molecule has 7 nitrogen and oxygen atoms in total. The standard InChI is InChI=1S/C6H10O7/c7-1-3(9)5(10)4(2-8)13-6(11)12/h2-5,7,9-10H,1H2,(H,11,12). The summed E-state index contributed by atoms with van der Waals surface area (Å²) in [6.45, 7) is -0.797. The Balaban J connectivity index is 4.21. The zero-order valence-corrected chi connectivity index (χ0v) is 6.53. The number of aldehydes is 1.